The molecule has 0 saturated carbocycles. The molecule has 0 radical (unpaired) electrons. The van der Waals surface area contributed by atoms with Crippen LogP contribution in [-0.4, -0.2) is 20.7 Å². The fourth-order valence-corrected chi connectivity index (χ4v) is 5.16. The first kappa shape index (κ1) is 23.4. The molecule has 1 aliphatic heterocycles. The average molecular weight is 482 g/mol. The number of fused-ring (bicyclic) bond motifs is 1. The van der Waals surface area contributed by atoms with Gasteiger partial charge in [-0.3, -0.25) is 4.79 Å². The highest BCUT2D eigenvalue weighted by atomic mass is 35.5. The van der Waals surface area contributed by atoms with Crippen molar-refractivity contribution in [1.29, 1.82) is 0 Å². The lowest BCUT2D eigenvalue weighted by Crippen LogP contribution is -2.33. The van der Waals surface area contributed by atoms with Gasteiger partial charge in [-0.05, 0) is 49.9 Å². The summed E-state index contributed by atoms with van der Waals surface area (Å²) in [6, 6.07) is 13.6. The van der Waals surface area contributed by atoms with Crippen LogP contribution in [-0.2, 0) is 10.5 Å². The van der Waals surface area contributed by atoms with E-state index >= 15 is 0 Å². The van der Waals surface area contributed by atoms with E-state index in [2.05, 4.69) is 35.5 Å². The van der Waals surface area contributed by atoms with Crippen molar-refractivity contribution in [2.45, 2.75) is 51.6 Å². The molecule has 0 fully saturated rings. The highest BCUT2D eigenvalue weighted by molar-refractivity contribution is 7.98. The number of hydrogen-bond acceptors (Lipinski definition) is 5. The Morgan fingerprint density at radius 1 is 1.21 bits per heavy atom. The molecule has 2 N–H and O–H groups in total. The van der Waals surface area contributed by atoms with Crippen LogP contribution in [0.5, 0.6) is 0 Å². The molecule has 4 rings (SSSR count). The van der Waals surface area contributed by atoms with E-state index < -0.39 is 0 Å². The van der Waals surface area contributed by atoms with E-state index in [1.54, 1.807) is 0 Å². The van der Waals surface area contributed by atoms with Crippen molar-refractivity contribution in [2.24, 2.45) is 5.92 Å². The van der Waals surface area contributed by atoms with Gasteiger partial charge in [-0.25, -0.2) is 4.68 Å². The Balaban J connectivity index is 1.59. The molecule has 0 unspecified atom stereocenters. The quantitative estimate of drug-likeness (QED) is 0.400. The third kappa shape index (κ3) is 4.94. The normalized spacial score (nSPS) is 15.4. The van der Waals surface area contributed by atoms with E-state index in [0.29, 0.717) is 22.4 Å². The van der Waals surface area contributed by atoms with Crippen LogP contribution in [0.15, 0.2) is 58.9 Å². The van der Waals surface area contributed by atoms with E-state index in [1.807, 2.05) is 61.9 Å². The molecule has 0 aliphatic carbocycles. The second kappa shape index (κ2) is 9.61. The largest absolute Gasteiger partial charge is 0.328 e. The van der Waals surface area contributed by atoms with Crippen LogP contribution >= 0.6 is 23.4 Å². The van der Waals surface area contributed by atoms with Gasteiger partial charge in [0.25, 0.3) is 5.91 Å². The topological polar surface area (TPSA) is 71.8 Å². The molecule has 2 heterocycles. The molecule has 8 heteroatoms. The van der Waals surface area contributed by atoms with Crippen LogP contribution in [0.4, 0.5) is 11.6 Å². The fourth-order valence-electron chi connectivity index (χ4n) is 4.04. The number of carbonyl (C=O) groups excluding carboxylic acids is 1. The van der Waals surface area contributed by atoms with Crippen LogP contribution in [0.1, 0.15) is 43.5 Å². The maximum Gasteiger partial charge on any atom is 0.255 e. The van der Waals surface area contributed by atoms with Crippen LogP contribution in [0, 0.1) is 19.8 Å². The molecule has 0 saturated heterocycles. The van der Waals surface area contributed by atoms with Gasteiger partial charge in [-0.1, -0.05) is 73.1 Å². The number of nitrogens with zero attached hydrogens (tertiary/aromatic N) is 3. The number of halogens is 1. The monoisotopic (exact) mass is 481 g/mol. The summed E-state index contributed by atoms with van der Waals surface area (Å²) >= 11 is 7.82. The van der Waals surface area contributed by atoms with Crippen molar-refractivity contribution in [3.63, 3.8) is 0 Å². The summed E-state index contributed by atoms with van der Waals surface area (Å²) in [5.41, 5.74) is 5.51. The Bertz CT molecular complexity index is 1230. The molecule has 172 valence electrons. The predicted octanol–water partition coefficient (Wildman–Crippen LogP) is 6.38. The number of aryl methyl sites for hydroxylation is 2. The summed E-state index contributed by atoms with van der Waals surface area (Å²) in [5, 5.41) is 12.5. The summed E-state index contributed by atoms with van der Waals surface area (Å²) in [6.45, 7) is 10.1. The zero-order valence-electron chi connectivity index (χ0n) is 19.4. The molecule has 6 nitrogen and oxygen atoms in total. The lowest BCUT2D eigenvalue weighted by Gasteiger charge is -2.30. The first-order valence-electron chi connectivity index (χ1n) is 10.9. The average Bonchev–Trinajstić information content (AvgIpc) is 3.16. The Labute approximate surface area is 203 Å². The highest BCUT2D eigenvalue weighted by Crippen LogP contribution is 2.37. The molecule has 33 heavy (non-hydrogen) atoms. The Morgan fingerprint density at radius 3 is 2.67 bits per heavy atom. The van der Waals surface area contributed by atoms with Gasteiger partial charge in [-0.15, -0.1) is 5.10 Å². The third-order valence-corrected chi connectivity index (χ3v) is 6.95. The summed E-state index contributed by atoms with van der Waals surface area (Å²) in [4.78, 5) is 18.1. The van der Waals surface area contributed by atoms with Crippen LogP contribution in [0.25, 0.3) is 0 Å². The Hall–Kier alpha value is -2.77. The van der Waals surface area contributed by atoms with Gasteiger partial charge in [0.2, 0.25) is 11.1 Å². The molecule has 1 aliphatic rings. The smallest absolute Gasteiger partial charge is 0.255 e. The number of anilines is 2. The van der Waals surface area contributed by atoms with Gasteiger partial charge >= 0.3 is 0 Å². The van der Waals surface area contributed by atoms with Crippen molar-refractivity contribution >= 4 is 40.9 Å². The molecule has 0 bridgehead atoms. The lowest BCUT2D eigenvalue weighted by atomic mass is 9.92. The van der Waals surface area contributed by atoms with Gasteiger partial charge in [-0.2, -0.15) is 4.98 Å². The Morgan fingerprint density at radius 2 is 1.97 bits per heavy atom. The zero-order valence-corrected chi connectivity index (χ0v) is 21.0. The number of amides is 1. The number of nitrogens with one attached hydrogen (secondary N) is 2. The minimum absolute atomic E-state index is 0.128. The summed E-state index contributed by atoms with van der Waals surface area (Å²) in [5.74, 6) is 1.33. The SMILES string of the molecule is CC1=C(C(=O)Nc2ccc(C)cc2C)[C@H](C(C)C)n2nc(SCc3ccccc3Cl)nc2N1. The molecule has 1 atom stereocenters. The van der Waals surface area contributed by atoms with Crippen LogP contribution in [0.3, 0.4) is 0 Å². The Kier molecular flexibility index (Phi) is 6.81. The molecule has 2 aromatic carbocycles. The van der Waals surface area contributed by atoms with Crippen LogP contribution in [0.2, 0.25) is 5.02 Å². The van der Waals surface area contributed by atoms with E-state index in [1.165, 1.54) is 11.8 Å². The van der Waals surface area contributed by atoms with E-state index in [-0.39, 0.29) is 17.9 Å². The second-order valence-corrected chi connectivity index (χ2v) is 10.0. The number of allylic oxidation sites excluding steroid dienone is 1. The highest BCUT2D eigenvalue weighted by Gasteiger charge is 2.35. The minimum atomic E-state index is -0.228. The number of hydrogen-bond donors (Lipinski definition) is 2. The van der Waals surface area contributed by atoms with Crippen LogP contribution < -0.4 is 10.6 Å². The summed E-state index contributed by atoms with van der Waals surface area (Å²) in [6.07, 6.45) is 0. The minimum Gasteiger partial charge on any atom is -0.328 e. The van der Waals surface area contributed by atoms with Crippen molar-refractivity contribution in [1.82, 2.24) is 14.8 Å². The summed E-state index contributed by atoms with van der Waals surface area (Å²) in [7, 11) is 0. The number of rotatable bonds is 6. The number of thioether (sulfide) groups is 1. The molecule has 1 aromatic heterocycles. The summed E-state index contributed by atoms with van der Waals surface area (Å²) < 4.78 is 1.84. The predicted molar refractivity (Wildman–Crippen MR) is 136 cm³/mol. The van der Waals surface area contributed by atoms with E-state index in [4.69, 9.17) is 16.7 Å². The number of carbonyl (C=O) groups is 1. The van der Waals surface area contributed by atoms with E-state index in [9.17, 15) is 4.79 Å². The number of aromatic nitrogens is 3. The number of benzene rings is 2. The van der Waals surface area contributed by atoms with Crippen molar-refractivity contribution in [3.05, 3.63) is 75.4 Å². The lowest BCUT2D eigenvalue weighted by molar-refractivity contribution is -0.113. The second-order valence-electron chi connectivity index (χ2n) is 8.67. The van der Waals surface area contributed by atoms with Crippen molar-refractivity contribution in [2.75, 3.05) is 10.6 Å². The first-order valence-corrected chi connectivity index (χ1v) is 12.3. The molecule has 0 spiro atoms. The molecular formula is C25H28ClN5OS. The van der Waals surface area contributed by atoms with Crippen molar-refractivity contribution < 1.29 is 4.79 Å². The van der Waals surface area contributed by atoms with Gasteiger partial charge in [0, 0.05) is 22.2 Å². The standard InChI is InChI=1S/C25H28ClN5OS/c1-14(2)22-21(23(32)28-20-11-10-15(3)12-16(20)4)17(5)27-24-29-25(30-31(22)24)33-13-18-8-6-7-9-19(18)26/h6-12,14,22H,13H2,1-5H3,(H,28,32)(H,27,29,30)/t22-/m0/s1. The molecular weight excluding hydrogens is 454 g/mol. The first-order chi connectivity index (χ1) is 15.7. The van der Waals surface area contributed by atoms with Gasteiger partial charge < -0.3 is 10.6 Å². The van der Waals surface area contributed by atoms with Crippen molar-refractivity contribution in [3.8, 4) is 0 Å². The zero-order chi connectivity index (χ0) is 23.7. The maximum atomic E-state index is 13.4. The van der Waals surface area contributed by atoms with Gasteiger partial charge in [0.1, 0.15) is 0 Å². The molecule has 1 amide bonds. The third-order valence-electron chi connectivity index (χ3n) is 5.70. The molecule has 3 aromatic rings. The van der Waals surface area contributed by atoms with Gasteiger partial charge in [0.15, 0.2) is 0 Å². The van der Waals surface area contributed by atoms with E-state index in [0.717, 1.165) is 33.1 Å². The fraction of sp³-hybridized carbons (Fsp3) is 0.320. The maximum absolute atomic E-state index is 13.4. The van der Waals surface area contributed by atoms with Gasteiger partial charge in [0.05, 0.1) is 11.6 Å².